The molecule has 1 aromatic rings. The van der Waals surface area contributed by atoms with Gasteiger partial charge in [-0.05, 0) is 30.0 Å². The van der Waals surface area contributed by atoms with E-state index < -0.39 is 12.5 Å². The maximum atomic E-state index is 12.3. The quantitative estimate of drug-likeness (QED) is 0.821. The molecule has 0 radical (unpaired) electrons. The van der Waals surface area contributed by atoms with Crippen molar-refractivity contribution < 1.29 is 8.78 Å². The van der Waals surface area contributed by atoms with E-state index in [1.807, 2.05) is 24.3 Å². The molecule has 3 heteroatoms. The number of benzene rings is 1. The number of hydrogen-bond donors (Lipinski definition) is 1. The monoisotopic (exact) mass is 227 g/mol. The van der Waals surface area contributed by atoms with Crippen LogP contribution in [-0.2, 0) is 5.41 Å². The first-order chi connectivity index (χ1) is 7.30. The molecule has 1 aromatic carbocycles. The molecule has 90 valence electrons. The summed E-state index contributed by atoms with van der Waals surface area (Å²) >= 11 is 0. The topological polar surface area (TPSA) is 12.0 Å². The second-order valence-corrected chi connectivity index (χ2v) is 5.09. The highest BCUT2D eigenvalue weighted by Crippen LogP contribution is 2.23. The lowest BCUT2D eigenvalue weighted by Gasteiger charge is -2.20. The predicted octanol–water partition coefficient (Wildman–Crippen LogP) is 4.05. The minimum Gasteiger partial charge on any atom is -0.377 e. The Morgan fingerprint density at radius 2 is 1.56 bits per heavy atom. The van der Waals surface area contributed by atoms with Crippen molar-refractivity contribution in [3.63, 3.8) is 0 Å². The van der Waals surface area contributed by atoms with E-state index in [1.54, 1.807) is 0 Å². The summed E-state index contributed by atoms with van der Waals surface area (Å²) in [6, 6.07) is 6.82. The van der Waals surface area contributed by atoms with Crippen molar-refractivity contribution in [2.45, 2.75) is 45.6 Å². The second kappa shape index (κ2) is 4.81. The summed E-state index contributed by atoms with van der Waals surface area (Å²) in [7, 11) is 0. The van der Waals surface area contributed by atoms with E-state index in [-0.39, 0.29) is 5.41 Å². The Kier molecular flexibility index (Phi) is 3.89. The zero-order valence-corrected chi connectivity index (χ0v) is 10.2. The molecule has 0 fully saturated rings. The minimum absolute atomic E-state index is 0.0901. The Balaban J connectivity index is 2.72. The van der Waals surface area contributed by atoms with E-state index in [0.717, 1.165) is 5.69 Å². The molecule has 1 rings (SSSR count). The Hall–Kier alpha value is -1.12. The van der Waals surface area contributed by atoms with Gasteiger partial charge in [0, 0.05) is 5.69 Å². The summed E-state index contributed by atoms with van der Waals surface area (Å²) < 4.78 is 24.6. The van der Waals surface area contributed by atoms with Crippen molar-refractivity contribution >= 4 is 5.69 Å². The standard InChI is InChI=1S/C13H19F2N/c1-9(12(14)15)16-11-7-5-10(6-8-11)13(2,3)4/h5-9,12,16H,1-4H3. The largest absolute Gasteiger partial charge is 0.377 e. The van der Waals surface area contributed by atoms with Crippen LogP contribution in [0.3, 0.4) is 0 Å². The average molecular weight is 227 g/mol. The number of rotatable bonds is 3. The lowest BCUT2D eigenvalue weighted by Crippen LogP contribution is -2.23. The zero-order valence-electron chi connectivity index (χ0n) is 10.2. The van der Waals surface area contributed by atoms with Crippen LogP contribution < -0.4 is 5.32 Å². The Bertz CT molecular complexity index is 325. The molecule has 0 aromatic heterocycles. The van der Waals surface area contributed by atoms with Crippen LogP contribution in [0.4, 0.5) is 14.5 Å². The van der Waals surface area contributed by atoms with Crippen LogP contribution in [0.25, 0.3) is 0 Å². The first-order valence-electron chi connectivity index (χ1n) is 5.46. The predicted molar refractivity (Wildman–Crippen MR) is 64.2 cm³/mol. The van der Waals surface area contributed by atoms with Crippen LogP contribution >= 0.6 is 0 Å². The van der Waals surface area contributed by atoms with Crippen molar-refractivity contribution in [2.24, 2.45) is 0 Å². The fraction of sp³-hybridized carbons (Fsp3) is 0.538. The van der Waals surface area contributed by atoms with Gasteiger partial charge >= 0.3 is 0 Å². The molecule has 1 atom stereocenters. The number of hydrogen-bond acceptors (Lipinski definition) is 1. The third-order valence-corrected chi connectivity index (χ3v) is 2.52. The number of alkyl halides is 2. The molecular formula is C13H19F2N. The van der Waals surface area contributed by atoms with Gasteiger partial charge in [0.25, 0.3) is 6.43 Å². The fourth-order valence-corrected chi connectivity index (χ4v) is 1.39. The first-order valence-corrected chi connectivity index (χ1v) is 5.46. The highest BCUT2D eigenvalue weighted by atomic mass is 19.3. The molecule has 16 heavy (non-hydrogen) atoms. The van der Waals surface area contributed by atoms with Crippen molar-refractivity contribution in [2.75, 3.05) is 5.32 Å². The minimum atomic E-state index is -2.35. The molecule has 0 saturated heterocycles. The summed E-state index contributed by atoms with van der Waals surface area (Å²) in [5, 5.41) is 2.77. The van der Waals surface area contributed by atoms with Gasteiger partial charge in [-0.3, -0.25) is 0 Å². The van der Waals surface area contributed by atoms with E-state index in [0.29, 0.717) is 0 Å². The second-order valence-electron chi connectivity index (χ2n) is 5.09. The molecule has 0 amide bonds. The Labute approximate surface area is 95.9 Å². The first kappa shape index (κ1) is 12.9. The summed E-state index contributed by atoms with van der Waals surface area (Å²) in [6.45, 7) is 7.84. The van der Waals surface area contributed by atoms with E-state index >= 15 is 0 Å². The van der Waals surface area contributed by atoms with Gasteiger partial charge in [0.1, 0.15) is 0 Å². The van der Waals surface area contributed by atoms with Gasteiger partial charge in [-0.2, -0.15) is 0 Å². The summed E-state index contributed by atoms with van der Waals surface area (Å²) in [5.74, 6) is 0. The van der Waals surface area contributed by atoms with E-state index in [2.05, 4.69) is 26.1 Å². The van der Waals surface area contributed by atoms with Crippen molar-refractivity contribution in [1.82, 2.24) is 0 Å². The van der Waals surface area contributed by atoms with E-state index in [4.69, 9.17) is 0 Å². The van der Waals surface area contributed by atoms with Gasteiger partial charge in [0.2, 0.25) is 0 Å². The number of nitrogens with one attached hydrogen (secondary N) is 1. The molecular weight excluding hydrogens is 208 g/mol. The van der Waals surface area contributed by atoms with E-state index in [1.165, 1.54) is 12.5 Å². The zero-order chi connectivity index (χ0) is 12.3. The van der Waals surface area contributed by atoms with Gasteiger partial charge in [-0.25, -0.2) is 8.78 Å². The third kappa shape index (κ3) is 3.47. The number of halogens is 2. The molecule has 0 aliphatic rings. The smallest absolute Gasteiger partial charge is 0.258 e. The summed E-state index contributed by atoms with van der Waals surface area (Å²) in [4.78, 5) is 0. The van der Waals surface area contributed by atoms with Crippen LogP contribution in [0.5, 0.6) is 0 Å². The van der Waals surface area contributed by atoms with Crippen LogP contribution in [0.2, 0.25) is 0 Å². The Morgan fingerprint density at radius 3 is 1.94 bits per heavy atom. The molecule has 0 spiro atoms. The van der Waals surface area contributed by atoms with Crippen molar-refractivity contribution in [1.29, 1.82) is 0 Å². The summed E-state index contributed by atoms with van der Waals surface area (Å²) in [5.41, 5.74) is 2.02. The van der Waals surface area contributed by atoms with Crippen LogP contribution in [0.1, 0.15) is 33.3 Å². The molecule has 1 nitrogen and oxygen atoms in total. The lowest BCUT2D eigenvalue weighted by atomic mass is 9.87. The van der Waals surface area contributed by atoms with Gasteiger partial charge in [0.15, 0.2) is 0 Å². The molecule has 0 aliphatic heterocycles. The highest BCUT2D eigenvalue weighted by molar-refractivity contribution is 5.46. The maximum absolute atomic E-state index is 12.3. The molecule has 0 heterocycles. The molecule has 0 aliphatic carbocycles. The highest BCUT2D eigenvalue weighted by Gasteiger charge is 2.15. The summed E-state index contributed by atoms with van der Waals surface area (Å²) in [6.07, 6.45) is -2.35. The maximum Gasteiger partial charge on any atom is 0.258 e. The SMILES string of the molecule is CC(Nc1ccc(C(C)(C)C)cc1)C(F)F. The van der Waals surface area contributed by atoms with Crippen molar-refractivity contribution in [3.05, 3.63) is 29.8 Å². The Morgan fingerprint density at radius 1 is 1.06 bits per heavy atom. The molecule has 0 saturated carbocycles. The lowest BCUT2D eigenvalue weighted by molar-refractivity contribution is 0.131. The van der Waals surface area contributed by atoms with E-state index in [9.17, 15) is 8.78 Å². The molecule has 1 unspecified atom stereocenters. The van der Waals surface area contributed by atoms with Gasteiger partial charge in [-0.15, -0.1) is 0 Å². The molecule has 1 N–H and O–H groups in total. The van der Waals surface area contributed by atoms with Gasteiger partial charge < -0.3 is 5.32 Å². The van der Waals surface area contributed by atoms with Gasteiger partial charge in [-0.1, -0.05) is 32.9 Å². The fourth-order valence-electron chi connectivity index (χ4n) is 1.39. The van der Waals surface area contributed by atoms with Crippen LogP contribution in [-0.4, -0.2) is 12.5 Å². The van der Waals surface area contributed by atoms with Crippen molar-refractivity contribution in [3.8, 4) is 0 Å². The third-order valence-electron chi connectivity index (χ3n) is 2.52. The molecule has 0 bridgehead atoms. The normalized spacial score (nSPS) is 13.9. The van der Waals surface area contributed by atoms with Crippen LogP contribution in [0.15, 0.2) is 24.3 Å². The average Bonchev–Trinajstić information content (AvgIpc) is 2.17. The van der Waals surface area contributed by atoms with Crippen LogP contribution in [0, 0.1) is 0 Å². The number of anilines is 1. The van der Waals surface area contributed by atoms with Gasteiger partial charge in [0.05, 0.1) is 6.04 Å².